The summed E-state index contributed by atoms with van der Waals surface area (Å²) in [5, 5.41) is 3.40. The van der Waals surface area contributed by atoms with Gasteiger partial charge in [0.1, 0.15) is 0 Å². The lowest BCUT2D eigenvalue weighted by molar-refractivity contribution is -0.125. The molecular weight excluding hydrogens is 270 g/mol. The van der Waals surface area contributed by atoms with E-state index in [1.165, 1.54) is 32.1 Å². The van der Waals surface area contributed by atoms with Crippen LogP contribution in [0.4, 0.5) is 0 Å². The molecule has 0 aromatic rings. The van der Waals surface area contributed by atoms with Gasteiger partial charge in [-0.15, -0.1) is 11.6 Å². The molecule has 6 atom stereocenters. The average molecular weight is 296 g/mol. The molecular formula is C17H26ClNO. The van der Waals surface area contributed by atoms with Gasteiger partial charge in [-0.05, 0) is 61.7 Å². The highest BCUT2D eigenvalue weighted by molar-refractivity contribution is 6.18. The van der Waals surface area contributed by atoms with Crippen LogP contribution in [0.15, 0.2) is 0 Å². The Morgan fingerprint density at radius 2 is 1.95 bits per heavy atom. The maximum absolute atomic E-state index is 12.7. The Morgan fingerprint density at radius 1 is 1.25 bits per heavy atom. The molecule has 1 N–H and O–H groups in total. The molecule has 3 heteroatoms. The highest BCUT2D eigenvalue weighted by Crippen LogP contribution is 2.69. The molecule has 0 aromatic carbocycles. The number of carbonyl (C=O) groups excluding carboxylic acids is 1. The van der Waals surface area contributed by atoms with Crippen molar-refractivity contribution in [1.29, 1.82) is 0 Å². The van der Waals surface area contributed by atoms with Crippen LogP contribution in [0, 0.1) is 35.5 Å². The standard InChI is InChI=1S/C17H26ClNO/c1-10-3-2-6-17(8-10,9-18)19-16(20)15-13-11-4-5-12(7-11)14(13)15/h10-15H,2-9H2,1H3,(H,19,20). The molecule has 4 saturated carbocycles. The van der Waals surface area contributed by atoms with Gasteiger partial charge < -0.3 is 5.32 Å². The van der Waals surface area contributed by atoms with Crippen LogP contribution in [-0.4, -0.2) is 17.3 Å². The zero-order chi connectivity index (χ0) is 13.9. The van der Waals surface area contributed by atoms with Crippen LogP contribution >= 0.6 is 11.6 Å². The van der Waals surface area contributed by atoms with E-state index in [0.29, 0.717) is 23.6 Å². The molecule has 2 bridgehead atoms. The molecule has 4 aliphatic carbocycles. The SMILES string of the molecule is CC1CCCC(CCl)(NC(=O)C2C3C4CCC(C4)C23)C1. The lowest BCUT2D eigenvalue weighted by Gasteiger charge is -2.39. The smallest absolute Gasteiger partial charge is 0.224 e. The Hall–Kier alpha value is -0.240. The third-order valence-electron chi connectivity index (χ3n) is 6.77. The summed E-state index contributed by atoms with van der Waals surface area (Å²) in [6.07, 6.45) is 8.81. The second-order valence-corrected chi connectivity index (χ2v) is 8.39. The van der Waals surface area contributed by atoms with Crippen molar-refractivity contribution < 1.29 is 4.79 Å². The maximum atomic E-state index is 12.7. The predicted molar refractivity (Wildman–Crippen MR) is 80.5 cm³/mol. The molecule has 0 spiro atoms. The van der Waals surface area contributed by atoms with Gasteiger partial charge in [0.2, 0.25) is 5.91 Å². The highest BCUT2D eigenvalue weighted by atomic mass is 35.5. The van der Waals surface area contributed by atoms with Crippen molar-refractivity contribution in [3.63, 3.8) is 0 Å². The molecule has 0 radical (unpaired) electrons. The number of hydrogen-bond donors (Lipinski definition) is 1. The molecule has 112 valence electrons. The summed E-state index contributed by atoms with van der Waals surface area (Å²) in [4.78, 5) is 12.7. The van der Waals surface area contributed by atoms with E-state index < -0.39 is 0 Å². The van der Waals surface area contributed by atoms with Crippen molar-refractivity contribution in [2.75, 3.05) is 5.88 Å². The molecule has 20 heavy (non-hydrogen) atoms. The van der Waals surface area contributed by atoms with E-state index in [9.17, 15) is 4.79 Å². The molecule has 4 rings (SSSR count). The van der Waals surface area contributed by atoms with E-state index in [-0.39, 0.29) is 5.54 Å². The number of carbonyl (C=O) groups is 1. The second-order valence-electron chi connectivity index (χ2n) is 8.12. The Balaban J connectivity index is 1.42. The molecule has 0 aliphatic heterocycles. The van der Waals surface area contributed by atoms with Crippen LogP contribution in [0.3, 0.4) is 0 Å². The molecule has 0 heterocycles. The van der Waals surface area contributed by atoms with Gasteiger partial charge in [-0.1, -0.05) is 19.8 Å². The van der Waals surface area contributed by atoms with Crippen molar-refractivity contribution in [1.82, 2.24) is 5.32 Å². The van der Waals surface area contributed by atoms with Crippen LogP contribution in [0.25, 0.3) is 0 Å². The Kier molecular flexibility index (Phi) is 3.11. The fraction of sp³-hybridized carbons (Fsp3) is 0.941. The Bertz CT molecular complexity index is 409. The summed E-state index contributed by atoms with van der Waals surface area (Å²) in [5.41, 5.74) is -0.105. The van der Waals surface area contributed by atoms with Crippen molar-refractivity contribution in [2.24, 2.45) is 35.5 Å². The second kappa shape index (κ2) is 4.63. The molecule has 0 aromatic heterocycles. The van der Waals surface area contributed by atoms with Gasteiger partial charge in [0, 0.05) is 11.8 Å². The summed E-state index contributed by atoms with van der Waals surface area (Å²) in [6.45, 7) is 2.29. The van der Waals surface area contributed by atoms with Gasteiger partial charge in [-0.3, -0.25) is 4.79 Å². The van der Waals surface area contributed by atoms with Gasteiger partial charge >= 0.3 is 0 Å². The molecule has 4 fully saturated rings. The summed E-state index contributed by atoms with van der Waals surface area (Å²) in [6, 6.07) is 0. The third kappa shape index (κ3) is 1.94. The first-order valence-corrected chi connectivity index (χ1v) is 9.05. The minimum atomic E-state index is -0.105. The monoisotopic (exact) mass is 295 g/mol. The largest absolute Gasteiger partial charge is 0.349 e. The van der Waals surface area contributed by atoms with E-state index in [4.69, 9.17) is 11.6 Å². The minimum absolute atomic E-state index is 0.105. The first-order chi connectivity index (χ1) is 9.63. The van der Waals surface area contributed by atoms with Crippen LogP contribution in [0.2, 0.25) is 0 Å². The van der Waals surface area contributed by atoms with Crippen LogP contribution < -0.4 is 5.32 Å². The average Bonchev–Trinajstić information content (AvgIpc) is 2.88. The first kappa shape index (κ1) is 13.4. The molecule has 0 saturated heterocycles. The zero-order valence-corrected chi connectivity index (χ0v) is 13.2. The van der Waals surface area contributed by atoms with Gasteiger partial charge in [0.15, 0.2) is 0 Å². The first-order valence-electron chi connectivity index (χ1n) is 8.51. The highest BCUT2D eigenvalue weighted by Gasteiger charge is 2.67. The predicted octanol–water partition coefficient (Wildman–Crippen LogP) is 3.58. The fourth-order valence-electron chi connectivity index (χ4n) is 5.95. The van der Waals surface area contributed by atoms with E-state index in [0.717, 1.165) is 36.5 Å². The molecule has 1 amide bonds. The van der Waals surface area contributed by atoms with Crippen molar-refractivity contribution in [2.45, 2.75) is 57.4 Å². The number of rotatable bonds is 3. The van der Waals surface area contributed by atoms with Gasteiger partial charge in [0.25, 0.3) is 0 Å². The number of fused-ring (bicyclic) bond motifs is 5. The van der Waals surface area contributed by atoms with E-state index in [2.05, 4.69) is 12.2 Å². The number of halogens is 1. The number of hydrogen-bond acceptors (Lipinski definition) is 1. The topological polar surface area (TPSA) is 29.1 Å². The lowest BCUT2D eigenvalue weighted by atomic mass is 9.77. The quantitative estimate of drug-likeness (QED) is 0.792. The summed E-state index contributed by atoms with van der Waals surface area (Å²) < 4.78 is 0. The lowest BCUT2D eigenvalue weighted by Crippen LogP contribution is -2.53. The van der Waals surface area contributed by atoms with Crippen LogP contribution in [-0.2, 0) is 4.79 Å². The molecule has 4 aliphatic rings. The summed E-state index contributed by atoms with van der Waals surface area (Å²) in [7, 11) is 0. The molecule has 6 unspecified atom stereocenters. The van der Waals surface area contributed by atoms with E-state index in [1.807, 2.05) is 0 Å². The molecule has 2 nitrogen and oxygen atoms in total. The third-order valence-corrected chi connectivity index (χ3v) is 7.29. The zero-order valence-electron chi connectivity index (χ0n) is 12.4. The van der Waals surface area contributed by atoms with Crippen molar-refractivity contribution in [3.8, 4) is 0 Å². The number of nitrogens with one attached hydrogen (secondary N) is 1. The van der Waals surface area contributed by atoms with E-state index in [1.54, 1.807) is 0 Å². The maximum Gasteiger partial charge on any atom is 0.224 e. The van der Waals surface area contributed by atoms with Gasteiger partial charge in [-0.25, -0.2) is 0 Å². The van der Waals surface area contributed by atoms with Crippen molar-refractivity contribution >= 4 is 17.5 Å². The fourth-order valence-corrected chi connectivity index (χ4v) is 6.26. The Labute approximate surface area is 127 Å². The normalized spacial score (nSPS) is 52.7. The van der Waals surface area contributed by atoms with Gasteiger partial charge in [-0.2, -0.15) is 0 Å². The number of amides is 1. The number of alkyl halides is 1. The Morgan fingerprint density at radius 3 is 2.55 bits per heavy atom. The van der Waals surface area contributed by atoms with E-state index >= 15 is 0 Å². The van der Waals surface area contributed by atoms with Crippen LogP contribution in [0.1, 0.15) is 51.9 Å². The summed E-state index contributed by atoms with van der Waals surface area (Å²) in [5.74, 6) is 5.18. The minimum Gasteiger partial charge on any atom is -0.349 e. The van der Waals surface area contributed by atoms with Crippen LogP contribution in [0.5, 0.6) is 0 Å². The van der Waals surface area contributed by atoms with Gasteiger partial charge in [0.05, 0.1) is 5.54 Å². The summed E-state index contributed by atoms with van der Waals surface area (Å²) >= 11 is 6.25. The van der Waals surface area contributed by atoms with Crippen molar-refractivity contribution in [3.05, 3.63) is 0 Å².